The van der Waals surface area contributed by atoms with Crippen LogP contribution in [0, 0.1) is 5.92 Å². The predicted octanol–water partition coefficient (Wildman–Crippen LogP) is 0.707. The van der Waals surface area contributed by atoms with Crippen molar-refractivity contribution < 1.29 is 5.11 Å². The fraction of sp³-hybridized carbons (Fsp3) is 0.556. The van der Waals surface area contributed by atoms with Crippen molar-refractivity contribution in [3.8, 4) is 0 Å². The number of halogens is 1. The molecular formula is C9H14BrN5O. The Morgan fingerprint density at radius 2 is 2.38 bits per heavy atom. The number of nitrogen functional groups attached to an aromatic ring is 1. The standard InChI is InChI=1S/C9H14BrN5O/c10-6-3-13-9(15-11)14-8(6)12-4-7(16)5-1-2-5/h3,5,7,16H,1-2,4,11H2,(H2,12,13,14,15). The van der Waals surface area contributed by atoms with E-state index >= 15 is 0 Å². The van der Waals surface area contributed by atoms with Gasteiger partial charge in [0.2, 0.25) is 5.95 Å². The summed E-state index contributed by atoms with van der Waals surface area (Å²) in [6, 6.07) is 0. The van der Waals surface area contributed by atoms with Crippen LogP contribution < -0.4 is 16.6 Å². The maximum absolute atomic E-state index is 9.71. The van der Waals surface area contributed by atoms with Crippen LogP contribution in [0.3, 0.4) is 0 Å². The molecule has 0 aromatic carbocycles. The molecule has 1 aliphatic carbocycles. The van der Waals surface area contributed by atoms with Gasteiger partial charge in [0, 0.05) is 12.7 Å². The average Bonchev–Trinajstić information content (AvgIpc) is 3.11. The van der Waals surface area contributed by atoms with Crippen molar-refractivity contribution >= 4 is 27.7 Å². The highest BCUT2D eigenvalue weighted by Gasteiger charge is 2.29. The predicted molar refractivity (Wildman–Crippen MR) is 64.8 cm³/mol. The van der Waals surface area contributed by atoms with Gasteiger partial charge in [-0.15, -0.1) is 0 Å². The van der Waals surface area contributed by atoms with Gasteiger partial charge in [-0.1, -0.05) is 0 Å². The second-order valence-corrected chi connectivity index (χ2v) is 4.67. The molecule has 0 spiro atoms. The Hall–Kier alpha value is -0.920. The van der Waals surface area contributed by atoms with Crippen molar-refractivity contribution in [2.24, 2.45) is 11.8 Å². The van der Waals surface area contributed by atoms with Gasteiger partial charge in [-0.05, 0) is 34.7 Å². The van der Waals surface area contributed by atoms with Crippen molar-refractivity contribution in [2.45, 2.75) is 18.9 Å². The summed E-state index contributed by atoms with van der Waals surface area (Å²) in [7, 11) is 0. The summed E-state index contributed by atoms with van der Waals surface area (Å²) in [5, 5.41) is 12.8. The van der Waals surface area contributed by atoms with Crippen LogP contribution in [0.25, 0.3) is 0 Å². The average molecular weight is 288 g/mol. The van der Waals surface area contributed by atoms with Gasteiger partial charge < -0.3 is 10.4 Å². The Balaban J connectivity index is 1.96. The van der Waals surface area contributed by atoms with Crippen molar-refractivity contribution in [1.82, 2.24) is 9.97 Å². The van der Waals surface area contributed by atoms with E-state index in [4.69, 9.17) is 5.84 Å². The van der Waals surface area contributed by atoms with Crippen molar-refractivity contribution in [3.05, 3.63) is 10.7 Å². The quantitative estimate of drug-likeness (QED) is 0.471. The molecule has 0 amide bonds. The molecule has 2 rings (SSSR count). The normalized spacial score (nSPS) is 16.9. The minimum Gasteiger partial charge on any atom is -0.391 e. The Labute approximate surface area is 102 Å². The second-order valence-electron chi connectivity index (χ2n) is 3.82. The summed E-state index contributed by atoms with van der Waals surface area (Å²) in [5.74, 6) is 6.63. The fourth-order valence-electron chi connectivity index (χ4n) is 1.41. The number of rotatable bonds is 5. The molecule has 88 valence electrons. The van der Waals surface area contributed by atoms with Gasteiger partial charge >= 0.3 is 0 Å². The number of aliphatic hydroxyl groups excluding tert-OH is 1. The molecule has 1 atom stereocenters. The van der Waals surface area contributed by atoms with E-state index in [1.807, 2.05) is 0 Å². The molecule has 0 bridgehead atoms. The zero-order valence-corrected chi connectivity index (χ0v) is 10.2. The molecule has 1 aromatic heterocycles. The molecule has 0 radical (unpaired) electrons. The Morgan fingerprint density at radius 3 is 3.00 bits per heavy atom. The van der Waals surface area contributed by atoms with Gasteiger partial charge in [-0.3, -0.25) is 5.43 Å². The topological polar surface area (TPSA) is 96.1 Å². The molecule has 0 aliphatic heterocycles. The van der Waals surface area contributed by atoms with Crippen LogP contribution in [0.2, 0.25) is 0 Å². The zero-order valence-electron chi connectivity index (χ0n) is 8.65. The van der Waals surface area contributed by atoms with E-state index in [0.717, 1.165) is 17.3 Å². The van der Waals surface area contributed by atoms with Gasteiger partial charge in [0.15, 0.2) is 0 Å². The molecule has 7 heteroatoms. The number of hydrogen-bond acceptors (Lipinski definition) is 6. The first-order valence-electron chi connectivity index (χ1n) is 5.12. The third kappa shape index (κ3) is 2.81. The molecule has 6 nitrogen and oxygen atoms in total. The molecule has 1 aliphatic rings. The minimum absolute atomic E-state index is 0.309. The highest BCUT2D eigenvalue weighted by atomic mass is 79.9. The van der Waals surface area contributed by atoms with E-state index in [9.17, 15) is 5.11 Å². The molecule has 5 N–H and O–H groups in total. The maximum Gasteiger partial charge on any atom is 0.239 e. The lowest BCUT2D eigenvalue weighted by atomic mass is 10.2. The molecular weight excluding hydrogens is 274 g/mol. The lowest BCUT2D eigenvalue weighted by molar-refractivity contribution is 0.164. The summed E-state index contributed by atoms with van der Waals surface area (Å²) in [5.41, 5.74) is 2.37. The van der Waals surface area contributed by atoms with Crippen LogP contribution >= 0.6 is 15.9 Å². The lowest BCUT2D eigenvalue weighted by Crippen LogP contribution is -2.22. The summed E-state index contributed by atoms with van der Waals surface area (Å²) < 4.78 is 0.745. The number of nitrogens with one attached hydrogen (secondary N) is 2. The van der Waals surface area contributed by atoms with Gasteiger partial charge in [0.05, 0.1) is 10.6 Å². The summed E-state index contributed by atoms with van der Waals surface area (Å²) in [4.78, 5) is 8.06. The third-order valence-corrected chi connectivity index (χ3v) is 3.10. The number of aromatic nitrogens is 2. The van der Waals surface area contributed by atoms with Crippen molar-refractivity contribution in [2.75, 3.05) is 17.3 Å². The first-order valence-corrected chi connectivity index (χ1v) is 5.91. The molecule has 1 fully saturated rings. The molecule has 1 aromatic rings. The van der Waals surface area contributed by atoms with E-state index in [-0.39, 0.29) is 6.10 Å². The monoisotopic (exact) mass is 287 g/mol. The van der Waals surface area contributed by atoms with Crippen molar-refractivity contribution in [3.63, 3.8) is 0 Å². The first kappa shape index (κ1) is 11.6. The van der Waals surface area contributed by atoms with E-state index in [1.165, 1.54) is 0 Å². The largest absolute Gasteiger partial charge is 0.391 e. The lowest BCUT2D eigenvalue weighted by Gasteiger charge is -2.12. The summed E-state index contributed by atoms with van der Waals surface area (Å²) >= 11 is 3.32. The Bertz CT molecular complexity index is 371. The van der Waals surface area contributed by atoms with Crippen LogP contribution in [-0.4, -0.2) is 27.7 Å². The summed E-state index contributed by atoms with van der Waals surface area (Å²) in [6.07, 6.45) is 3.53. The van der Waals surface area contributed by atoms with Gasteiger partial charge in [-0.25, -0.2) is 10.8 Å². The smallest absolute Gasteiger partial charge is 0.239 e. The van der Waals surface area contributed by atoms with Crippen LogP contribution in [-0.2, 0) is 0 Å². The summed E-state index contributed by atoms with van der Waals surface area (Å²) in [6.45, 7) is 0.490. The zero-order chi connectivity index (χ0) is 11.5. The molecule has 0 saturated heterocycles. The maximum atomic E-state index is 9.71. The van der Waals surface area contributed by atoms with Crippen LogP contribution in [0.1, 0.15) is 12.8 Å². The van der Waals surface area contributed by atoms with Crippen LogP contribution in [0.15, 0.2) is 10.7 Å². The van der Waals surface area contributed by atoms with Crippen molar-refractivity contribution in [1.29, 1.82) is 0 Å². The number of nitrogens with zero attached hydrogens (tertiary/aromatic N) is 2. The molecule has 1 heterocycles. The molecule has 16 heavy (non-hydrogen) atoms. The number of aliphatic hydroxyl groups is 1. The van der Waals surface area contributed by atoms with E-state index < -0.39 is 0 Å². The van der Waals surface area contributed by atoms with E-state index in [2.05, 4.69) is 36.6 Å². The minimum atomic E-state index is -0.309. The van der Waals surface area contributed by atoms with Crippen LogP contribution in [0.5, 0.6) is 0 Å². The molecule has 1 saturated carbocycles. The second kappa shape index (κ2) is 4.94. The van der Waals surface area contributed by atoms with Gasteiger partial charge in [0.1, 0.15) is 5.82 Å². The Kier molecular flexibility index (Phi) is 3.57. The number of hydrazine groups is 1. The number of anilines is 2. The third-order valence-electron chi connectivity index (χ3n) is 2.52. The first-order chi connectivity index (χ1) is 7.70. The van der Waals surface area contributed by atoms with E-state index in [0.29, 0.717) is 24.2 Å². The van der Waals surface area contributed by atoms with Gasteiger partial charge in [0.25, 0.3) is 0 Å². The highest BCUT2D eigenvalue weighted by molar-refractivity contribution is 9.10. The SMILES string of the molecule is NNc1ncc(Br)c(NCC(O)C2CC2)n1. The molecule has 1 unspecified atom stereocenters. The van der Waals surface area contributed by atoms with E-state index in [1.54, 1.807) is 6.20 Å². The number of nitrogens with two attached hydrogens (primary N) is 1. The number of hydrogen-bond donors (Lipinski definition) is 4. The fourth-order valence-corrected chi connectivity index (χ4v) is 1.74. The Morgan fingerprint density at radius 1 is 1.62 bits per heavy atom. The van der Waals surface area contributed by atoms with Crippen LogP contribution in [0.4, 0.5) is 11.8 Å². The van der Waals surface area contributed by atoms with Gasteiger partial charge in [-0.2, -0.15) is 4.98 Å². The highest BCUT2D eigenvalue weighted by Crippen LogP contribution is 2.32.